The van der Waals surface area contributed by atoms with E-state index in [1.165, 1.54) is 19.4 Å². The Kier molecular flexibility index (Phi) is 2.69. The molecule has 1 nitrogen and oxygen atoms in total. The molecule has 0 bridgehead atoms. The Balaban J connectivity index is 2.29. The van der Waals surface area contributed by atoms with Gasteiger partial charge in [-0.15, -0.1) is 0 Å². The van der Waals surface area contributed by atoms with Gasteiger partial charge in [0.2, 0.25) is 0 Å². The summed E-state index contributed by atoms with van der Waals surface area (Å²) in [6.07, 6.45) is 6.88. The zero-order chi connectivity index (χ0) is 7.40. The highest BCUT2D eigenvalue weighted by Gasteiger charge is 2.08. The van der Waals surface area contributed by atoms with Crippen molar-refractivity contribution in [2.45, 2.75) is 25.8 Å². The van der Waals surface area contributed by atoms with Gasteiger partial charge in [-0.1, -0.05) is 24.3 Å². The first kappa shape index (κ1) is 7.55. The second kappa shape index (κ2) is 3.57. The molecule has 1 aliphatic rings. The molecule has 1 N–H and O–H groups in total. The van der Waals surface area contributed by atoms with Crippen molar-refractivity contribution in [1.29, 1.82) is 0 Å². The van der Waals surface area contributed by atoms with E-state index in [0.717, 1.165) is 5.57 Å². The lowest BCUT2D eigenvalue weighted by Gasteiger charge is -2.00. The first-order valence-electron chi connectivity index (χ1n) is 3.86. The molecule has 0 saturated carbocycles. The van der Waals surface area contributed by atoms with Crippen LogP contribution in [0.25, 0.3) is 0 Å². The van der Waals surface area contributed by atoms with E-state index in [1.807, 2.05) is 6.92 Å². The molecule has 56 valence electrons. The summed E-state index contributed by atoms with van der Waals surface area (Å²) in [5.41, 5.74) is 1.13. The van der Waals surface area contributed by atoms with Gasteiger partial charge in [0.1, 0.15) is 0 Å². The maximum absolute atomic E-state index is 3.80. The van der Waals surface area contributed by atoms with Crippen LogP contribution in [-0.2, 0) is 0 Å². The molecule has 0 aromatic carbocycles. The first-order valence-corrected chi connectivity index (χ1v) is 3.86. The van der Waals surface area contributed by atoms with Crippen molar-refractivity contribution in [2.75, 3.05) is 6.54 Å². The number of rotatable bonds is 2. The SMILES string of the molecule is C=C(C)/C=C/[C@H]1CCCN1. The minimum Gasteiger partial charge on any atom is -0.311 e. The summed E-state index contributed by atoms with van der Waals surface area (Å²) in [7, 11) is 0. The average Bonchev–Trinajstić information content (AvgIpc) is 2.34. The second-order valence-electron chi connectivity index (χ2n) is 2.91. The minimum absolute atomic E-state index is 0.608. The Hall–Kier alpha value is -0.560. The Bertz CT molecular complexity index is 141. The molecule has 1 heterocycles. The fourth-order valence-electron chi connectivity index (χ4n) is 1.16. The van der Waals surface area contributed by atoms with Gasteiger partial charge in [-0.3, -0.25) is 0 Å². The molecular weight excluding hydrogens is 122 g/mol. The number of hydrogen-bond donors (Lipinski definition) is 1. The van der Waals surface area contributed by atoms with E-state index < -0.39 is 0 Å². The molecule has 1 heteroatoms. The van der Waals surface area contributed by atoms with Crippen molar-refractivity contribution >= 4 is 0 Å². The van der Waals surface area contributed by atoms with E-state index in [2.05, 4.69) is 24.0 Å². The normalized spacial score (nSPS) is 25.9. The van der Waals surface area contributed by atoms with Crippen molar-refractivity contribution < 1.29 is 0 Å². The van der Waals surface area contributed by atoms with Gasteiger partial charge in [-0.05, 0) is 26.3 Å². The second-order valence-corrected chi connectivity index (χ2v) is 2.91. The molecule has 1 aliphatic heterocycles. The van der Waals surface area contributed by atoms with Gasteiger partial charge in [-0.25, -0.2) is 0 Å². The molecule has 0 aliphatic carbocycles. The van der Waals surface area contributed by atoms with Gasteiger partial charge in [0.25, 0.3) is 0 Å². The molecule has 0 aromatic heterocycles. The molecule has 0 spiro atoms. The largest absolute Gasteiger partial charge is 0.311 e. The van der Waals surface area contributed by atoms with E-state index >= 15 is 0 Å². The Morgan fingerprint density at radius 1 is 1.70 bits per heavy atom. The third-order valence-corrected chi connectivity index (χ3v) is 1.71. The van der Waals surface area contributed by atoms with E-state index in [4.69, 9.17) is 0 Å². The minimum atomic E-state index is 0.608. The molecule has 0 amide bonds. The van der Waals surface area contributed by atoms with Crippen LogP contribution < -0.4 is 5.32 Å². The van der Waals surface area contributed by atoms with Crippen molar-refractivity contribution in [2.24, 2.45) is 0 Å². The van der Waals surface area contributed by atoms with Gasteiger partial charge in [0.15, 0.2) is 0 Å². The maximum Gasteiger partial charge on any atom is 0.0253 e. The van der Waals surface area contributed by atoms with E-state index in [1.54, 1.807) is 0 Å². The molecule has 0 aromatic rings. The third-order valence-electron chi connectivity index (χ3n) is 1.71. The monoisotopic (exact) mass is 137 g/mol. The van der Waals surface area contributed by atoms with Crippen LogP contribution in [0.3, 0.4) is 0 Å². The predicted octanol–water partition coefficient (Wildman–Crippen LogP) is 1.87. The summed E-state index contributed by atoms with van der Waals surface area (Å²) in [6, 6.07) is 0.608. The molecule has 1 rings (SSSR count). The van der Waals surface area contributed by atoms with Gasteiger partial charge >= 0.3 is 0 Å². The van der Waals surface area contributed by atoms with Crippen LogP contribution in [0.1, 0.15) is 19.8 Å². The lowest BCUT2D eigenvalue weighted by Crippen LogP contribution is -2.18. The molecule has 1 atom stereocenters. The number of hydrogen-bond acceptors (Lipinski definition) is 1. The summed E-state index contributed by atoms with van der Waals surface area (Å²) in [4.78, 5) is 0. The third kappa shape index (κ3) is 2.36. The lowest BCUT2D eigenvalue weighted by atomic mass is 10.2. The zero-order valence-electron chi connectivity index (χ0n) is 6.56. The predicted molar refractivity (Wildman–Crippen MR) is 45.0 cm³/mol. The number of allylic oxidation sites excluding steroid dienone is 2. The maximum atomic E-state index is 3.80. The quantitative estimate of drug-likeness (QED) is 0.573. The van der Waals surface area contributed by atoms with Gasteiger partial charge in [0, 0.05) is 6.04 Å². The molecule has 1 saturated heterocycles. The molecule has 0 radical (unpaired) electrons. The fourth-order valence-corrected chi connectivity index (χ4v) is 1.16. The standard InChI is InChI=1S/C9H15N/c1-8(2)5-6-9-4-3-7-10-9/h5-6,9-10H,1,3-4,7H2,2H3/b6-5+/t9-/m1/s1. The molecule has 0 unspecified atom stereocenters. The van der Waals surface area contributed by atoms with Crippen molar-refractivity contribution in [3.05, 3.63) is 24.3 Å². The van der Waals surface area contributed by atoms with Crippen molar-refractivity contribution in [1.82, 2.24) is 5.32 Å². The van der Waals surface area contributed by atoms with Gasteiger partial charge in [-0.2, -0.15) is 0 Å². The van der Waals surface area contributed by atoms with Crippen molar-refractivity contribution in [3.63, 3.8) is 0 Å². The van der Waals surface area contributed by atoms with Crippen LogP contribution in [0.2, 0.25) is 0 Å². The summed E-state index contributed by atoms with van der Waals surface area (Å²) in [6.45, 7) is 6.99. The highest BCUT2D eigenvalue weighted by molar-refractivity contribution is 5.13. The van der Waals surface area contributed by atoms with E-state index in [-0.39, 0.29) is 0 Å². The Morgan fingerprint density at radius 2 is 2.50 bits per heavy atom. The van der Waals surface area contributed by atoms with Crippen molar-refractivity contribution in [3.8, 4) is 0 Å². The molecule has 10 heavy (non-hydrogen) atoms. The summed E-state index contributed by atoms with van der Waals surface area (Å²) < 4.78 is 0. The van der Waals surface area contributed by atoms with Crippen LogP contribution in [-0.4, -0.2) is 12.6 Å². The van der Waals surface area contributed by atoms with E-state index in [0.29, 0.717) is 6.04 Å². The molecule has 1 fully saturated rings. The zero-order valence-corrected chi connectivity index (χ0v) is 6.56. The van der Waals surface area contributed by atoms with Crippen LogP contribution in [0, 0.1) is 0 Å². The van der Waals surface area contributed by atoms with Crippen LogP contribution in [0.5, 0.6) is 0 Å². The number of nitrogens with one attached hydrogen (secondary N) is 1. The van der Waals surface area contributed by atoms with Crippen LogP contribution in [0.15, 0.2) is 24.3 Å². The average molecular weight is 137 g/mol. The highest BCUT2D eigenvalue weighted by Crippen LogP contribution is 2.06. The van der Waals surface area contributed by atoms with Crippen LogP contribution >= 0.6 is 0 Å². The highest BCUT2D eigenvalue weighted by atomic mass is 14.9. The van der Waals surface area contributed by atoms with Gasteiger partial charge in [0.05, 0.1) is 0 Å². The molecular formula is C9H15N. The Morgan fingerprint density at radius 3 is 3.00 bits per heavy atom. The van der Waals surface area contributed by atoms with Crippen LogP contribution in [0.4, 0.5) is 0 Å². The fraction of sp³-hybridized carbons (Fsp3) is 0.556. The smallest absolute Gasteiger partial charge is 0.0253 e. The first-order chi connectivity index (χ1) is 4.79. The Labute approximate surface area is 62.8 Å². The summed E-state index contributed by atoms with van der Waals surface area (Å²) in [5.74, 6) is 0. The van der Waals surface area contributed by atoms with E-state index in [9.17, 15) is 0 Å². The topological polar surface area (TPSA) is 12.0 Å². The summed E-state index contributed by atoms with van der Waals surface area (Å²) >= 11 is 0. The summed E-state index contributed by atoms with van der Waals surface area (Å²) in [5, 5.41) is 3.38. The lowest BCUT2D eigenvalue weighted by molar-refractivity contribution is 0.727. The van der Waals surface area contributed by atoms with Gasteiger partial charge < -0.3 is 5.32 Å².